The predicted octanol–water partition coefficient (Wildman–Crippen LogP) is 2.87. The van der Waals surface area contributed by atoms with Gasteiger partial charge < -0.3 is 14.8 Å². The lowest BCUT2D eigenvalue weighted by molar-refractivity contribution is -0.125. The van der Waals surface area contributed by atoms with Crippen LogP contribution in [0.4, 0.5) is 18.0 Å². The van der Waals surface area contributed by atoms with Crippen molar-refractivity contribution >= 4 is 21.8 Å². The molecule has 1 aromatic carbocycles. The standard InChI is InChI=1S/C19H25F3N2O6S/c1-18(2,3)30-17(26)24-11-4-5-15(24)16(25)23-10-12-29-13-6-8-14(9-7-13)31(27,28)19(20,21)22/h6-9,15H,4-5,10-12H2,1-3H3,(H,23,25). The van der Waals surface area contributed by atoms with Crippen molar-refractivity contribution in [2.45, 2.75) is 55.7 Å². The second kappa shape index (κ2) is 9.33. The van der Waals surface area contributed by atoms with Crippen molar-refractivity contribution in [1.82, 2.24) is 10.2 Å². The van der Waals surface area contributed by atoms with Crippen molar-refractivity contribution in [3.8, 4) is 5.75 Å². The monoisotopic (exact) mass is 466 g/mol. The number of carbonyl (C=O) groups excluding carboxylic acids is 2. The number of benzene rings is 1. The fourth-order valence-corrected chi connectivity index (χ4v) is 3.65. The van der Waals surface area contributed by atoms with Gasteiger partial charge in [-0.25, -0.2) is 13.2 Å². The molecular weight excluding hydrogens is 441 g/mol. The van der Waals surface area contributed by atoms with Crippen molar-refractivity contribution < 1.29 is 40.7 Å². The Morgan fingerprint density at radius 3 is 2.32 bits per heavy atom. The van der Waals surface area contributed by atoms with Gasteiger partial charge in [0.2, 0.25) is 5.91 Å². The summed E-state index contributed by atoms with van der Waals surface area (Å²) in [4.78, 5) is 25.1. The summed E-state index contributed by atoms with van der Waals surface area (Å²) < 4.78 is 70.9. The Balaban J connectivity index is 1.83. The maximum atomic E-state index is 12.5. The Bertz CT molecular complexity index is 895. The summed E-state index contributed by atoms with van der Waals surface area (Å²) >= 11 is 0. The molecule has 2 rings (SSSR count). The third kappa shape index (κ3) is 6.49. The number of rotatable bonds is 6. The molecular formula is C19H25F3N2O6S. The molecule has 0 spiro atoms. The van der Waals surface area contributed by atoms with Gasteiger partial charge in [-0.15, -0.1) is 0 Å². The second-order valence-electron chi connectivity index (χ2n) is 7.89. The van der Waals surface area contributed by atoms with Crippen LogP contribution in [0.15, 0.2) is 29.2 Å². The summed E-state index contributed by atoms with van der Waals surface area (Å²) in [6.07, 6.45) is 0.609. The molecule has 0 aromatic heterocycles. The van der Waals surface area contributed by atoms with Gasteiger partial charge in [-0.3, -0.25) is 9.69 Å². The minimum atomic E-state index is -5.42. The second-order valence-corrected chi connectivity index (χ2v) is 9.83. The average Bonchev–Trinajstić information content (AvgIpc) is 3.13. The van der Waals surface area contributed by atoms with Crippen LogP contribution in [-0.2, 0) is 19.4 Å². The molecule has 31 heavy (non-hydrogen) atoms. The Morgan fingerprint density at radius 2 is 1.77 bits per heavy atom. The average molecular weight is 466 g/mol. The third-order valence-corrected chi connectivity index (χ3v) is 5.79. The molecule has 0 bridgehead atoms. The molecule has 1 fully saturated rings. The van der Waals surface area contributed by atoms with E-state index in [0.717, 1.165) is 24.3 Å². The maximum Gasteiger partial charge on any atom is 0.501 e. The van der Waals surface area contributed by atoms with E-state index < -0.39 is 38.0 Å². The van der Waals surface area contributed by atoms with Crippen LogP contribution in [-0.4, -0.2) is 62.2 Å². The zero-order chi connectivity index (χ0) is 23.4. The molecule has 0 aliphatic carbocycles. The molecule has 8 nitrogen and oxygen atoms in total. The highest BCUT2D eigenvalue weighted by atomic mass is 32.2. The minimum Gasteiger partial charge on any atom is -0.492 e. The van der Waals surface area contributed by atoms with Crippen LogP contribution in [0.5, 0.6) is 5.75 Å². The summed E-state index contributed by atoms with van der Waals surface area (Å²) in [5.41, 5.74) is -6.06. The molecule has 1 aromatic rings. The van der Waals surface area contributed by atoms with Gasteiger partial charge >= 0.3 is 11.6 Å². The molecule has 174 valence electrons. The lowest BCUT2D eigenvalue weighted by Crippen LogP contribution is -2.48. The van der Waals surface area contributed by atoms with Gasteiger partial charge in [0.05, 0.1) is 11.4 Å². The van der Waals surface area contributed by atoms with E-state index in [0.29, 0.717) is 19.4 Å². The first-order valence-corrected chi connectivity index (χ1v) is 11.0. The van der Waals surface area contributed by atoms with Crippen LogP contribution in [0, 0.1) is 0 Å². The van der Waals surface area contributed by atoms with E-state index in [1.165, 1.54) is 4.90 Å². The Morgan fingerprint density at radius 1 is 1.16 bits per heavy atom. The number of nitrogens with zero attached hydrogens (tertiary/aromatic N) is 1. The van der Waals surface area contributed by atoms with Crippen molar-refractivity contribution in [2.75, 3.05) is 19.7 Å². The molecule has 1 saturated heterocycles. The normalized spacial score (nSPS) is 17.4. The highest BCUT2D eigenvalue weighted by molar-refractivity contribution is 7.92. The quantitative estimate of drug-likeness (QED) is 0.647. The number of sulfone groups is 1. The first-order chi connectivity index (χ1) is 14.2. The van der Waals surface area contributed by atoms with Gasteiger partial charge in [0.15, 0.2) is 0 Å². The number of alkyl halides is 3. The number of carbonyl (C=O) groups is 2. The molecule has 1 unspecified atom stereocenters. The zero-order valence-corrected chi connectivity index (χ0v) is 18.2. The van der Waals surface area contributed by atoms with Crippen LogP contribution in [0.3, 0.4) is 0 Å². The number of hydrogen-bond donors (Lipinski definition) is 1. The van der Waals surface area contributed by atoms with Crippen molar-refractivity contribution in [1.29, 1.82) is 0 Å². The van der Waals surface area contributed by atoms with Gasteiger partial charge in [-0.05, 0) is 57.9 Å². The van der Waals surface area contributed by atoms with Gasteiger partial charge in [0.1, 0.15) is 24.0 Å². The van der Waals surface area contributed by atoms with Crippen LogP contribution in [0.2, 0.25) is 0 Å². The number of likely N-dealkylation sites (tertiary alicyclic amines) is 1. The fourth-order valence-electron chi connectivity index (χ4n) is 2.89. The Kier molecular flexibility index (Phi) is 7.45. The Hall–Kier alpha value is -2.50. The number of amides is 2. The van der Waals surface area contributed by atoms with E-state index in [-0.39, 0.29) is 24.8 Å². The van der Waals surface area contributed by atoms with E-state index in [4.69, 9.17) is 9.47 Å². The van der Waals surface area contributed by atoms with Gasteiger partial charge in [-0.2, -0.15) is 13.2 Å². The summed E-state index contributed by atoms with van der Waals surface area (Å²) in [7, 11) is -5.42. The summed E-state index contributed by atoms with van der Waals surface area (Å²) in [6, 6.07) is 3.15. The molecule has 2 amide bonds. The number of hydrogen-bond acceptors (Lipinski definition) is 6. The Labute approximate surface area is 178 Å². The number of halogens is 3. The smallest absolute Gasteiger partial charge is 0.492 e. The molecule has 1 aliphatic heterocycles. The van der Waals surface area contributed by atoms with Crippen LogP contribution >= 0.6 is 0 Å². The number of ether oxygens (including phenoxy) is 2. The summed E-state index contributed by atoms with van der Waals surface area (Å²) in [6.45, 7) is 5.70. The molecule has 1 atom stereocenters. The topological polar surface area (TPSA) is 102 Å². The molecule has 0 radical (unpaired) electrons. The SMILES string of the molecule is CC(C)(C)OC(=O)N1CCCC1C(=O)NCCOc1ccc(S(=O)(=O)C(F)(F)F)cc1. The van der Waals surface area contributed by atoms with E-state index in [2.05, 4.69) is 5.32 Å². The van der Waals surface area contributed by atoms with Crippen molar-refractivity contribution in [3.05, 3.63) is 24.3 Å². The van der Waals surface area contributed by atoms with Crippen molar-refractivity contribution in [2.24, 2.45) is 0 Å². The van der Waals surface area contributed by atoms with E-state index in [9.17, 15) is 31.2 Å². The van der Waals surface area contributed by atoms with Crippen LogP contribution < -0.4 is 10.1 Å². The molecule has 12 heteroatoms. The van der Waals surface area contributed by atoms with E-state index >= 15 is 0 Å². The lowest BCUT2D eigenvalue weighted by Gasteiger charge is -2.28. The molecule has 1 N–H and O–H groups in total. The predicted molar refractivity (Wildman–Crippen MR) is 104 cm³/mol. The van der Waals surface area contributed by atoms with Gasteiger partial charge in [0.25, 0.3) is 9.84 Å². The maximum absolute atomic E-state index is 12.5. The first kappa shape index (κ1) is 24.8. The highest BCUT2D eigenvalue weighted by Crippen LogP contribution is 2.31. The van der Waals surface area contributed by atoms with Gasteiger partial charge in [-0.1, -0.05) is 0 Å². The third-order valence-electron chi connectivity index (χ3n) is 4.29. The fraction of sp³-hybridized carbons (Fsp3) is 0.579. The zero-order valence-electron chi connectivity index (χ0n) is 17.4. The van der Waals surface area contributed by atoms with E-state index in [1.54, 1.807) is 20.8 Å². The minimum absolute atomic E-state index is 0.00371. The molecule has 0 saturated carbocycles. The lowest BCUT2D eigenvalue weighted by atomic mass is 10.2. The van der Waals surface area contributed by atoms with E-state index in [1.807, 2.05) is 0 Å². The van der Waals surface area contributed by atoms with Crippen molar-refractivity contribution in [3.63, 3.8) is 0 Å². The highest BCUT2D eigenvalue weighted by Gasteiger charge is 2.46. The molecule has 1 aliphatic rings. The largest absolute Gasteiger partial charge is 0.501 e. The number of nitrogens with one attached hydrogen (secondary N) is 1. The van der Waals surface area contributed by atoms with Crippen LogP contribution in [0.1, 0.15) is 33.6 Å². The summed E-state index contributed by atoms with van der Waals surface area (Å²) in [5.74, 6) is -0.217. The van der Waals surface area contributed by atoms with Crippen LogP contribution in [0.25, 0.3) is 0 Å². The van der Waals surface area contributed by atoms with Gasteiger partial charge in [0, 0.05) is 6.54 Å². The summed E-state index contributed by atoms with van der Waals surface area (Å²) in [5, 5.41) is 2.64. The first-order valence-electron chi connectivity index (χ1n) is 9.54. The molecule has 1 heterocycles.